The van der Waals surface area contributed by atoms with Crippen molar-refractivity contribution in [3.63, 3.8) is 0 Å². The normalized spacial score (nSPS) is 13.0. The number of rotatable bonds is 4. The van der Waals surface area contributed by atoms with Crippen molar-refractivity contribution >= 4 is 11.9 Å². The fourth-order valence-electron chi connectivity index (χ4n) is 3.56. The third-order valence-corrected chi connectivity index (χ3v) is 5.10. The molecule has 1 aliphatic rings. The van der Waals surface area contributed by atoms with Gasteiger partial charge < -0.3 is 15.0 Å². The fraction of sp³-hybridized carbons (Fsp3) is 0.227. The van der Waals surface area contributed by atoms with E-state index < -0.39 is 0 Å². The van der Waals surface area contributed by atoms with Crippen LogP contribution in [0.15, 0.2) is 59.4 Å². The van der Waals surface area contributed by atoms with Gasteiger partial charge in [0.15, 0.2) is 0 Å². The molecule has 0 unspecified atom stereocenters. The van der Waals surface area contributed by atoms with Gasteiger partial charge in [0.2, 0.25) is 5.95 Å². The van der Waals surface area contributed by atoms with E-state index in [1.807, 2.05) is 30.3 Å². The number of amides is 1. The van der Waals surface area contributed by atoms with Gasteiger partial charge in [0.1, 0.15) is 5.75 Å². The average molecular weight is 390 g/mol. The molecular weight excluding hydrogens is 368 g/mol. The smallest absolute Gasteiger partial charge is 0.263 e. The summed E-state index contributed by atoms with van der Waals surface area (Å²) < 4.78 is 6.73. The van der Waals surface area contributed by atoms with Gasteiger partial charge in [-0.25, -0.2) is 9.55 Å². The molecule has 0 atom stereocenters. The van der Waals surface area contributed by atoms with Crippen LogP contribution in [0.3, 0.4) is 0 Å². The molecule has 0 saturated heterocycles. The van der Waals surface area contributed by atoms with Crippen LogP contribution in [0.4, 0.5) is 5.95 Å². The monoisotopic (exact) mass is 390 g/mol. The number of hydrogen-bond acceptors (Lipinski definition) is 5. The average Bonchev–Trinajstić information content (AvgIpc) is 2.78. The third-order valence-electron chi connectivity index (χ3n) is 5.10. The maximum absolute atomic E-state index is 13.2. The molecule has 29 heavy (non-hydrogen) atoms. The molecular formula is C22H22N4O3. The maximum Gasteiger partial charge on any atom is 0.263 e. The highest BCUT2D eigenvalue weighted by Gasteiger charge is 2.27. The molecule has 0 radical (unpaired) electrons. The van der Waals surface area contributed by atoms with E-state index in [0.29, 0.717) is 48.0 Å². The second-order valence-electron chi connectivity index (χ2n) is 6.79. The Morgan fingerprint density at radius 2 is 1.83 bits per heavy atom. The molecule has 1 aromatic heterocycles. The molecule has 7 nitrogen and oxygen atoms in total. The van der Waals surface area contributed by atoms with Crippen molar-refractivity contribution in [1.29, 1.82) is 0 Å². The van der Waals surface area contributed by atoms with Gasteiger partial charge >= 0.3 is 0 Å². The summed E-state index contributed by atoms with van der Waals surface area (Å²) >= 11 is 0. The Kier molecular flexibility index (Phi) is 5.03. The third kappa shape index (κ3) is 3.47. The van der Waals surface area contributed by atoms with Crippen LogP contribution in [0.1, 0.15) is 21.6 Å². The van der Waals surface area contributed by atoms with Crippen molar-refractivity contribution in [1.82, 2.24) is 14.5 Å². The lowest BCUT2D eigenvalue weighted by Gasteiger charge is -2.29. The van der Waals surface area contributed by atoms with Gasteiger partial charge in [-0.05, 0) is 42.8 Å². The summed E-state index contributed by atoms with van der Waals surface area (Å²) in [4.78, 5) is 32.5. The van der Waals surface area contributed by atoms with Gasteiger partial charge in [-0.2, -0.15) is 0 Å². The van der Waals surface area contributed by atoms with E-state index >= 15 is 0 Å². The van der Waals surface area contributed by atoms with E-state index in [9.17, 15) is 9.59 Å². The molecule has 1 N–H and O–H groups in total. The van der Waals surface area contributed by atoms with Crippen LogP contribution in [-0.2, 0) is 13.0 Å². The zero-order valence-corrected chi connectivity index (χ0v) is 16.4. The first-order valence-electron chi connectivity index (χ1n) is 9.43. The lowest BCUT2D eigenvalue weighted by Crippen LogP contribution is -2.40. The molecule has 1 amide bonds. The topological polar surface area (TPSA) is 76.5 Å². The van der Waals surface area contributed by atoms with E-state index in [0.717, 1.165) is 5.69 Å². The minimum Gasteiger partial charge on any atom is -0.497 e. The molecule has 4 rings (SSSR count). The van der Waals surface area contributed by atoms with Crippen LogP contribution in [-0.4, -0.2) is 41.1 Å². The Hall–Kier alpha value is -3.61. The first-order valence-corrected chi connectivity index (χ1v) is 9.43. The van der Waals surface area contributed by atoms with E-state index in [2.05, 4.69) is 10.3 Å². The van der Waals surface area contributed by atoms with Crippen molar-refractivity contribution < 1.29 is 9.53 Å². The summed E-state index contributed by atoms with van der Waals surface area (Å²) in [6, 6.07) is 16.4. The highest BCUT2D eigenvalue weighted by Crippen LogP contribution is 2.21. The summed E-state index contributed by atoms with van der Waals surface area (Å²) in [6.45, 7) is 0.780. The lowest BCUT2D eigenvalue weighted by molar-refractivity contribution is 0.0731. The number of carbonyl (C=O) groups is 1. The molecule has 0 bridgehead atoms. The largest absolute Gasteiger partial charge is 0.497 e. The first kappa shape index (κ1) is 18.7. The van der Waals surface area contributed by atoms with Crippen LogP contribution >= 0.6 is 0 Å². The number of aromatic nitrogens is 2. The predicted octanol–water partition coefficient (Wildman–Crippen LogP) is 2.48. The van der Waals surface area contributed by atoms with Crippen LogP contribution in [0.25, 0.3) is 5.69 Å². The SMILES string of the molecule is CNc1nc2c(c(=O)n1-c1ccccc1)CCN(C(=O)c1ccc(OC)cc1)C2. The number of nitrogens with zero attached hydrogens (tertiary/aromatic N) is 3. The molecule has 7 heteroatoms. The number of anilines is 1. The maximum atomic E-state index is 13.2. The van der Waals surface area contributed by atoms with Crippen molar-refractivity contribution in [2.45, 2.75) is 13.0 Å². The second-order valence-corrected chi connectivity index (χ2v) is 6.79. The van der Waals surface area contributed by atoms with Gasteiger partial charge in [0.05, 0.1) is 25.0 Å². The lowest BCUT2D eigenvalue weighted by atomic mass is 10.0. The standard InChI is InChI=1S/C22H22N4O3/c1-23-22-24-19-14-25(20(27)15-8-10-17(29-2)11-9-15)13-12-18(19)21(28)26(22)16-6-4-3-5-7-16/h3-11H,12-14H2,1-2H3,(H,23,24). The van der Waals surface area contributed by atoms with Crippen LogP contribution in [0.2, 0.25) is 0 Å². The summed E-state index contributed by atoms with van der Waals surface area (Å²) in [7, 11) is 3.32. The van der Waals surface area contributed by atoms with Gasteiger partial charge in [-0.1, -0.05) is 18.2 Å². The molecule has 0 fully saturated rings. The van der Waals surface area contributed by atoms with E-state index in [1.165, 1.54) is 0 Å². The summed E-state index contributed by atoms with van der Waals surface area (Å²) in [5.74, 6) is 1.07. The predicted molar refractivity (Wildman–Crippen MR) is 111 cm³/mol. The van der Waals surface area contributed by atoms with Gasteiger partial charge in [0, 0.05) is 24.7 Å². The number of carbonyl (C=O) groups excluding carboxylic acids is 1. The number of ether oxygens (including phenoxy) is 1. The number of hydrogen-bond donors (Lipinski definition) is 1. The zero-order chi connectivity index (χ0) is 20.4. The van der Waals surface area contributed by atoms with Crippen LogP contribution in [0.5, 0.6) is 5.75 Å². The van der Waals surface area contributed by atoms with Gasteiger partial charge in [0.25, 0.3) is 11.5 Å². The van der Waals surface area contributed by atoms with Crippen molar-refractivity contribution in [2.75, 3.05) is 26.0 Å². The molecule has 3 aromatic rings. The van der Waals surface area contributed by atoms with Crippen LogP contribution in [0, 0.1) is 0 Å². The number of para-hydroxylation sites is 1. The molecule has 0 saturated carbocycles. The van der Waals surface area contributed by atoms with E-state index in [-0.39, 0.29) is 11.5 Å². The number of fused-ring (bicyclic) bond motifs is 1. The van der Waals surface area contributed by atoms with Crippen molar-refractivity contribution in [3.05, 3.63) is 81.8 Å². The second kappa shape index (κ2) is 7.79. The van der Waals surface area contributed by atoms with Crippen molar-refractivity contribution in [2.24, 2.45) is 0 Å². The Balaban J connectivity index is 1.67. The Morgan fingerprint density at radius 1 is 1.10 bits per heavy atom. The zero-order valence-electron chi connectivity index (χ0n) is 16.4. The van der Waals surface area contributed by atoms with Gasteiger partial charge in [-0.15, -0.1) is 0 Å². The molecule has 2 aromatic carbocycles. The number of nitrogens with one attached hydrogen (secondary N) is 1. The molecule has 2 heterocycles. The Labute approximate surface area is 168 Å². The quantitative estimate of drug-likeness (QED) is 0.741. The fourth-order valence-corrected chi connectivity index (χ4v) is 3.56. The van der Waals surface area contributed by atoms with Crippen molar-refractivity contribution in [3.8, 4) is 11.4 Å². The number of benzene rings is 2. The Bertz CT molecular complexity index is 1090. The molecule has 0 aliphatic carbocycles. The summed E-state index contributed by atoms with van der Waals surface area (Å²) in [5.41, 5.74) is 2.54. The van der Waals surface area contributed by atoms with Gasteiger partial charge in [-0.3, -0.25) is 9.59 Å². The van der Waals surface area contributed by atoms with E-state index in [1.54, 1.807) is 47.9 Å². The minimum absolute atomic E-state index is 0.0849. The molecule has 0 spiro atoms. The highest BCUT2D eigenvalue weighted by molar-refractivity contribution is 5.94. The highest BCUT2D eigenvalue weighted by atomic mass is 16.5. The number of methoxy groups -OCH3 is 1. The molecule has 1 aliphatic heterocycles. The Morgan fingerprint density at radius 3 is 2.48 bits per heavy atom. The summed E-state index contributed by atoms with van der Waals surface area (Å²) in [6.07, 6.45) is 0.472. The van der Waals surface area contributed by atoms with E-state index in [4.69, 9.17) is 4.74 Å². The minimum atomic E-state index is -0.0953. The first-order chi connectivity index (χ1) is 14.1. The van der Waals surface area contributed by atoms with Crippen LogP contribution < -0.4 is 15.6 Å². The molecule has 148 valence electrons. The summed E-state index contributed by atoms with van der Waals surface area (Å²) in [5, 5.41) is 3.01.